The lowest BCUT2D eigenvalue weighted by Crippen LogP contribution is -2.45. The van der Waals surface area contributed by atoms with Crippen molar-refractivity contribution in [1.82, 2.24) is 5.43 Å². The number of carbonyl (C=O) groups is 1. The lowest BCUT2D eigenvalue weighted by atomic mass is 9.80. The number of hydrazone groups is 1. The molecule has 1 aliphatic heterocycles. The van der Waals surface area contributed by atoms with Gasteiger partial charge in [-0.15, -0.1) is 0 Å². The quantitative estimate of drug-likeness (QED) is 0.665. The molecule has 4 nitrogen and oxygen atoms in total. The Morgan fingerprint density at radius 1 is 1.50 bits per heavy atom. The van der Waals surface area contributed by atoms with Gasteiger partial charge in [-0.05, 0) is 49.4 Å². The topological polar surface area (TPSA) is 44.7 Å². The maximum absolute atomic E-state index is 10.8. The summed E-state index contributed by atoms with van der Waals surface area (Å²) in [5.41, 5.74) is 6.25. The van der Waals surface area contributed by atoms with E-state index in [0.29, 0.717) is 5.92 Å². The van der Waals surface area contributed by atoms with Crippen molar-refractivity contribution in [2.75, 3.05) is 11.9 Å². The fourth-order valence-corrected chi connectivity index (χ4v) is 2.87. The van der Waals surface area contributed by atoms with Gasteiger partial charge in [0.25, 0.3) is 0 Å². The molecule has 0 fully saturated rings. The maximum Gasteiger partial charge on any atom is 0.236 e. The zero-order valence-corrected chi connectivity index (χ0v) is 12.9. The Morgan fingerprint density at radius 3 is 2.85 bits per heavy atom. The number of hydrogen-bond acceptors (Lipinski definition) is 3. The Morgan fingerprint density at radius 2 is 2.20 bits per heavy atom. The van der Waals surface area contributed by atoms with Gasteiger partial charge in [-0.3, -0.25) is 4.79 Å². The number of benzene rings is 1. The second kappa shape index (κ2) is 5.27. The fourth-order valence-electron chi connectivity index (χ4n) is 2.87. The summed E-state index contributed by atoms with van der Waals surface area (Å²) in [5, 5.41) is 3.92. The van der Waals surface area contributed by atoms with Crippen molar-refractivity contribution in [3.05, 3.63) is 29.3 Å². The maximum atomic E-state index is 10.8. The molecule has 108 valence electrons. The molecule has 0 spiro atoms. The Labute approximate surface area is 120 Å². The average Bonchev–Trinajstić information content (AvgIpc) is 2.35. The van der Waals surface area contributed by atoms with Crippen LogP contribution in [0.15, 0.2) is 23.3 Å². The van der Waals surface area contributed by atoms with E-state index >= 15 is 0 Å². The van der Waals surface area contributed by atoms with E-state index in [1.807, 2.05) is 6.07 Å². The van der Waals surface area contributed by atoms with E-state index in [9.17, 15) is 4.79 Å². The molecule has 1 atom stereocenters. The molecular weight excluding hydrogens is 250 g/mol. The molecule has 1 N–H and O–H groups in total. The van der Waals surface area contributed by atoms with E-state index in [2.05, 4.69) is 55.4 Å². The Bertz CT molecular complexity index is 549. The highest BCUT2D eigenvalue weighted by molar-refractivity contribution is 5.83. The zero-order chi connectivity index (χ0) is 14.9. The van der Waals surface area contributed by atoms with E-state index in [4.69, 9.17) is 0 Å². The predicted octanol–water partition coefficient (Wildman–Crippen LogP) is 2.88. The SMILES string of the molecule is CC(=O)N/N=C\c1ccc2c(c1)[C@H](C)CC(C)(C)N2C. The summed E-state index contributed by atoms with van der Waals surface area (Å²) in [6.45, 7) is 8.27. The number of amides is 1. The van der Waals surface area contributed by atoms with Gasteiger partial charge in [0.05, 0.1) is 6.21 Å². The largest absolute Gasteiger partial charge is 0.369 e. The number of rotatable bonds is 2. The van der Waals surface area contributed by atoms with Gasteiger partial charge in [-0.1, -0.05) is 13.0 Å². The van der Waals surface area contributed by atoms with E-state index < -0.39 is 0 Å². The standard InChI is InChI=1S/C16H23N3O/c1-11-9-16(3,4)19(5)15-7-6-13(8-14(11)15)10-17-18-12(2)20/h6-8,10-11H,9H2,1-5H3,(H,18,20)/b17-10-/t11-/m1/s1. The molecule has 0 bridgehead atoms. The van der Waals surface area contributed by atoms with Gasteiger partial charge >= 0.3 is 0 Å². The molecule has 0 saturated heterocycles. The van der Waals surface area contributed by atoms with Crippen molar-refractivity contribution >= 4 is 17.8 Å². The number of fused-ring (bicyclic) bond motifs is 1. The van der Waals surface area contributed by atoms with Crippen LogP contribution in [-0.2, 0) is 4.79 Å². The molecule has 0 aliphatic carbocycles. The fraction of sp³-hybridized carbons (Fsp3) is 0.500. The highest BCUT2D eigenvalue weighted by atomic mass is 16.2. The first-order valence-electron chi connectivity index (χ1n) is 6.98. The van der Waals surface area contributed by atoms with Crippen molar-refractivity contribution in [2.24, 2.45) is 5.10 Å². The molecule has 1 heterocycles. The molecule has 0 saturated carbocycles. The van der Waals surface area contributed by atoms with Crippen LogP contribution in [-0.4, -0.2) is 24.7 Å². The molecule has 2 rings (SSSR count). The number of hydrogen-bond donors (Lipinski definition) is 1. The van der Waals surface area contributed by atoms with Gasteiger partial charge in [0.1, 0.15) is 0 Å². The van der Waals surface area contributed by atoms with Crippen LogP contribution in [0.25, 0.3) is 0 Å². The third-order valence-electron chi connectivity index (χ3n) is 4.09. The minimum Gasteiger partial charge on any atom is -0.369 e. The lowest BCUT2D eigenvalue weighted by molar-refractivity contribution is -0.118. The van der Waals surface area contributed by atoms with Gasteiger partial charge in [0.2, 0.25) is 5.91 Å². The molecular formula is C16H23N3O. The molecule has 20 heavy (non-hydrogen) atoms. The molecule has 1 aliphatic rings. The predicted molar refractivity (Wildman–Crippen MR) is 83.4 cm³/mol. The Hall–Kier alpha value is -1.84. The van der Waals surface area contributed by atoms with Gasteiger partial charge in [-0.2, -0.15) is 5.10 Å². The lowest BCUT2D eigenvalue weighted by Gasteiger charge is -2.45. The summed E-state index contributed by atoms with van der Waals surface area (Å²) < 4.78 is 0. The molecule has 4 heteroatoms. The summed E-state index contributed by atoms with van der Waals surface area (Å²) in [6.07, 6.45) is 2.82. The van der Waals surface area contributed by atoms with Gasteiger partial charge in [0.15, 0.2) is 0 Å². The second-order valence-corrected chi connectivity index (χ2v) is 6.22. The average molecular weight is 273 g/mol. The van der Waals surface area contributed by atoms with Crippen molar-refractivity contribution in [3.63, 3.8) is 0 Å². The first-order chi connectivity index (χ1) is 9.31. The summed E-state index contributed by atoms with van der Waals surface area (Å²) >= 11 is 0. The Kier molecular flexibility index (Phi) is 3.84. The summed E-state index contributed by atoms with van der Waals surface area (Å²) in [5.74, 6) is 0.361. The molecule has 1 aromatic carbocycles. The molecule has 0 radical (unpaired) electrons. The number of nitrogens with zero attached hydrogens (tertiary/aromatic N) is 2. The van der Waals surface area contributed by atoms with E-state index in [1.165, 1.54) is 18.2 Å². The molecule has 0 aromatic heterocycles. The van der Waals surface area contributed by atoms with Gasteiger partial charge < -0.3 is 4.90 Å². The minimum absolute atomic E-state index is 0.158. The number of nitrogens with one attached hydrogen (secondary N) is 1. The molecule has 0 unspecified atom stereocenters. The monoisotopic (exact) mass is 273 g/mol. The number of anilines is 1. The van der Waals surface area contributed by atoms with Gasteiger partial charge in [-0.25, -0.2) is 5.43 Å². The summed E-state index contributed by atoms with van der Waals surface area (Å²) in [4.78, 5) is 13.1. The molecule has 1 amide bonds. The van der Waals surface area contributed by atoms with Crippen LogP contribution < -0.4 is 10.3 Å². The highest BCUT2D eigenvalue weighted by Crippen LogP contribution is 2.42. The summed E-state index contributed by atoms with van der Waals surface area (Å²) in [7, 11) is 2.15. The first-order valence-corrected chi connectivity index (χ1v) is 6.98. The van der Waals surface area contributed by atoms with Crippen LogP contribution in [0, 0.1) is 0 Å². The van der Waals surface area contributed by atoms with Crippen LogP contribution in [0.5, 0.6) is 0 Å². The van der Waals surface area contributed by atoms with Crippen molar-refractivity contribution in [1.29, 1.82) is 0 Å². The van der Waals surface area contributed by atoms with E-state index in [-0.39, 0.29) is 11.4 Å². The van der Waals surface area contributed by atoms with Crippen LogP contribution in [0.4, 0.5) is 5.69 Å². The smallest absolute Gasteiger partial charge is 0.236 e. The zero-order valence-electron chi connectivity index (χ0n) is 12.9. The van der Waals surface area contributed by atoms with Crippen LogP contribution in [0.1, 0.15) is 51.2 Å². The van der Waals surface area contributed by atoms with Crippen LogP contribution in [0.2, 0.25) is 0 Å². The van der Waals surface area contributed by atoms with Crippen LogP contribution >= 0.6 is 0 Å². The highest BCUT2D eigenvalue weighted by Gasteiger charge is 2.33. The third kappa shape index (κ3) is 2.84. The van der Waals surface area contributed by atoms with Gasteiger partial charge in [0, 0.05) is 25.2 Å². The molecule has 1 aromatic rings. The van der Waals surface area contributed by atoms with Crippen molar-refractivity contribution in [2.45, 2.75) is 45.6 Å². The van der Waals surface area contributed by atoms with Crippen molar-refractivity contribution in [3.8, 4) is 0 Å². The van der Waals surface area contributed by atoms with E-state index in [0.717, 1.165) is 12.0 Å². The minimum atomic E-state index is -0.158. The van der Waals surface area contributed by atoms with Crippen LogP contribution in [0.3, 0.4) is 0 Å². The number of carbonyl (C=O) groups excluding carboxylic acids is 1. The first kappa shape index (κ1) is 14.6. The summed E-state index contributed by atoms with van der Waals surface area (Å²) in [6, 6.07) is 6.34. The Balaban J connectivity index is 2.30. The van der Waals surface area contributed by atoms with E-state index in [1.54, 1.807) is 6.21 Å². The third-order valence-corrected chi connectivity index (χ3v) is 4.09. The normalized spacial score (nSPS) is 20.9. The van der Waals surface area contributed by atoms with Crippen molar-refractivity contribution < 1.29 is 4.79 Å². The second-order valence-electron chi connectivity index (χ2n) is 6.22.